The average molecular weight is 240 g/mol. The molecule has 0 amide bonds. The Morgan fingerprint density at radius 2 is 1.65 bits per heavy atom. The van der Waals surface area contributed by atoms with E-state index in [4.69, 9.17) is 0 Å². The molecule has 0 spiro atoms. The molecular weight excluding hydrogens is 208 g/mol. The van der Waals surface area contributed by atoms with Gasteiger partial charge in [0.05, 0.1) is 0 Å². The lowest BCUT2D eigenvalue weighted by atomic mass is 10.0. The maximum Gasteiger partial charge on any atom is 0.0166 e. The Hall–Kier alpha value is -0.340. The van der Waals surface area contributed by atoms with E-state index in [0.717, 1.165) is 25.6 Å². The van der Waals surface area contributed by atoms with Crippen LogP contribution in [0.15, 0.2) is 12.7 Å². The molecule has 0 heterocycles. The number of nitrogens with one attached hydrogen (secondary N) is 1. The first-order chi connectivity index (χ1) is 7.90. The van der Waals surface area contributed by atoms with Crippen molar-refractivity contribution in [2.24, 2.45) is 11.8 Å². The number of hydrogen-bond acceptors (Lipinski definition) is 2. The third kappa shape index (κ3) is 6.85. The predicted octanol–water partition coefficient (Wildman–Crippen LogP) is 3.15. The van der Waals surface area contributed by atoms with Gasteiger partial charge in [-0.1, -0.05) is 26.8 Å². The molecule has 0 aliphatic heterocycles. The van der Waals surface area contributed by atoms with Crippen molar-refractivity contribution in [3.63, 3.8) is 0 Å². The highest BCUT2D eigenvalue weighted by Gasteiger charge is 2.21. The third-order valence-corrected chi connectivity index (χ3v) is 3.37. The molecule has 102 valence electrons. The second-order valence-electron chi connectivity index (χ2n) is 5.85. The molecule has 0 aliphatic rings. The Balaban J connectivity index is 4.14. The van der Waals surface area contributed by atoms with Gasteiger partial charge in [-0.15, -0.1) is 6.58 Å². The molecule has 2 atom stereocenters. The molecule has 0 rings (SSSR count). The minimum atomic E-state index is 0.579. The molecule has 0 radical (unpaired) electrons. The largest absolute Gasteiger partial charge is 0.316 e. The summed E-state index contributed by atoms with van der Waals surface area (Å²) in [6.07, 6.45) is 2.00. The first kappa shape index (κ1) is 16.7. The summed E-state index contributed by atoms with van der Waals surface area (Å²) in [5.41, 5.74) is 0. The lowest BCUT2D eigenvalue weighted by Gasteiger charge is -2.35. The van der Waals surface area contributed by atoms with Crippen molar-refractivity contribution < 1.29 is 0 Å². The van der Waals surface area contributed by atoms with Crippen LogP contribution in [0.4, 0.5) is 0 Å². The van der Waals surface area contributed by atoms with Crippen LogP contribution in [0.25, 0.3) is 0 Å². The summed E-state index contributed by atoms with van der Waals surface area (Å²) in [4.78, 5) is 2.51. The Bertz CT molecular complexity index is 199. The van der Waals surface area contributed by atoms with Crippen LogP contribution < -0.4 is 5.32 Å². The summed E-state index contributed by atoms with van der Waals surface area (Å²) < 4.78 is 0. The van der Waals surface area contributed by atoms with Gasteiger partial charge in [0.2, 0.25) is 0 Å². The van der Waals surface area contributed by atoms with Gasteiger partial charge in [-0.05, 0) is 45.7 Å². The molecule has 2 nitrogen and oxygen atoms in total. The molecular formula is C15H32N2. The van der Waals surface area contributed by atoms with Gasteiger partial charge in [-0.25, -0.2) is 0 Å². The predicted molar refractivity (Wildman–Crippen MR) is 78.4 cm³/mol. The van der Waals surface area contributed by atoms with E-state index in [1.54, 1.807) is 0 Å². The van der Waals surface area contributed by atoms with Crippen molar-refractivity contribution in [2.75, 3.05) is 19.6 Å². The van der Waals surface area contributed by atoms with Gasteiger partial charge in [0, 0.05) is 18.6 Å². The van der Waals surface area contributed by atoms with Crippen LogP contribution in [0, 0.1) is 11.8 Å². The van der Waals surface area contributed by atoms with Crippen LogP contribution in [0.3, 0.4) is 0 Å². The van der Waals surface area contributed by atoms with E-state index in [1.807, 2.05) is 6.08 Å². The van der Waals surface area contributed by atoms with Crippen molar-refractivity contribution in [3.8, 4) is 0 Å². The van der Waals surface area contributed by atoms with E-state index in [0.29, 0.717) is 18.0 Å². The fraction of sp³-hybridized carbons (Fsp3) is 0.867. The van der Waals surface area contributed by atoms with Gasteiger partial charge < -0.3 is 5.32 Å². The zero-order valence-electron chi connectivity index (χ0n) is 12.7. The van der Waals surface area contributed by atoms with E-state index in [9.17, 15) is 0 Å². The fourth-order valence-electron chi connectivity index (χ4n) is 2.09. The Kier molecular flexibility index (Phi) is 8.53. The van der Waals surface area contributed by atoms with Gasteiger partial charge >= 0.3 is 0 Å². The van der Waals surface area contributed by atoms with Crippen LogP contribution >= 0.6 is 0 Å². The first-order valence-corrected chi connectivity index (χ1v) is 6.97. The first-order valence-electron chi connectivity index (χ1n) is 6.97. The normalized spacial score (nSPS) is 15.6. The van der Waals surface area contributed by atoms with E-state index in [2.05, 4.69) is 58.3 Å². The summed E-state index contributed by atoms with van der Waals surface area (Å²) in [7, 11) is 0. The molecule has 0 saturated heterocycles. The average Bonchev–Trinajstić information content (AvgIpc) is 2.23. The minimum Gasteiger partial charge on any atom is -0.316 e. The van der Waals surface area contributed by atoms with Crippen LogP contribution in [0.2, 0.25) is 0 Å². The smallest absolute Gasteiger partial charge is 0.0166 e. The molecule has 0 saturated carbocycles. The summed E-state index contributed by atoms with van der Waals surface area (Å²) in [6.45, 7) is 20.7. The van der Waals surface area contributed by atoms with Crippen molar-refractivity contribution >= 4 is 0 Å². The topological polar surface area (TPSA) is 15.3 Å². The van der Waals surface area contributed by atoms with Crippen molar-refractivity contribution in [1.82, 2.24) is 10.2 Å². The number of rotatable bonds is 9. The molecule has 0 aromatic heterocycles. The molecule has 17 heavy (non-hydrogen) atoms. The monoisotopic (exact) mass is 240 g/mol. The molecule has 0 aromatic rings. The molecule has 0 aromatic carbocycles. The summed E-state index contributed by atoms with van der Waals surface area (Å²) in [6, 6.07) is 1.17. The van der Waals surface area contributed by atoms with Gasteiger partial charge in [-0.2, -0.15) is 0 Å². The summed E-state index contributed by atoms with van der Waals surface area (Å²) in [5, 5.41) is 3.55. The van der Waals surface area contributed by atoms with E-state index >= 15 is 0 Å². The maximum absolute atomic E-state index is 3.85. The molecule has 0 aliphatic carbocycles. The maximum atomic E-state index is 3.85. The molecule has 2 unspecified atom stereocenters. The molecule has 1 N–H and O–H groups in total. The highest BCUT2D eigenvalue weighted by molar-refractivity contribution is 4.82. The van der Waals surface area contributed by atoms with Crippen LogP contribution in [-0.4, -0.2) is 36.6 Å². The lowest BCUT2D eigenvalue weighted by Crippen LogP contribution is -2.45. The van der Waals surface area contributed by atoms with Gasteiger partial charge in [0.25, 0.3) is 0 Å². The Labute approximate surface area is 108 Å². The van der Waals surface area contributed by atoms with E-state index in [-0.39, 0.29) is 0 Å². The SMILES string of the molecule is C=CCN(C(C)C)C(C)C(C)CNCC(C)C. The van der Waals surface area contributed by atoms with Gasteiger partial charge in [-0.3, -0.25) is 4.90 Å². The summed E-state index contributed by atoms with van der Waals surface area (Å²) in [5.74, 6) is 1.39. The van der Waals surface area contributed by atoms with Gasteiger partial charge in [0.1, 0.15) is 0 Å². The molecule has 2 heteroatoms. The number of hydrogen-bond donors (Lipinski definition) is 1. The quantitative estimate of drug-likeness (QED) is 0.623. The van der Waals surface area contributed by atoms with Crippen LogP contribution in [0.1, 0.15) is 41.5 Å². The zero-order chi connectivity index (χ0) is 13.4. The van der Waals surface area contributed by atoms with Gasteiger partial charge in [0.15, 0.2) is 0 Å². The standard InChI is InChI=1S/C15H32N2/c1-8-9-17(13(4)5)15(7)14(6)11-16-10-12(2)3/h8,12-16H,1,9-11H2,2-7H3. The number of nitrogens with zero attached hydrogens (tertiary/aromatic N) is 1. The second kappa shape index (κ2) is 8.71. The second-order valence-corrected chi connectivity index (χ2v) is 5.85. The molecule has 0 bridgehead atoms. The highest BCUT2D eigenvalue weighted by Crippen LogP contribution is 2.13. The van der Waals surface area contributed by atoms with E-state index in [1.165, 1.54) is 0 Å². The fourth-order valence-corrected chi connectivity index (χ4v) is 2.09. The Morgan fingerprint density at radius 3 is 2.06 bits per heavy atom. The van der Waals surface area contributed by atoms with E-state index < -0.39 is 0 Å². The highest BCUT2D eigenvalue weighted by atomic mass is 15.2. The molecule has 0 fully saturated rings. The third-order valence-electron chi connectivity index (χ3n) is 3.37. The van der Waals surface area contributed by atoms with Crippen molar-refractivity contribution in [2.45, 2.75) is 53.6 Å². The lowest BCUT2D eigenvalue weighted by molar-refractivity contribution is 0.139. The van der Waals surface area contributed by atoms with Crippen molar-refractivity contribution in [3.05, 3.63) is 12.7 Å². The van der Waals surface area contributed by atoms with Crippen LogP contribution in [-0.2, 0) is 0 Å². The van der Waals surface area contributed by atoms with Crippen LogP contribution in [0.5, 0.6) is 0 Å². The minimum absolute atomic E-state index is 0.579. The Morgan fingerprint density at radius 1 is 1.06 bits per heavy atom. The summed E-state index contributed by atoms with van der Waals surface area (Å²) >= 11 is 0. The van der Waals surface area contributed by atoms with Crippen molar-refractivity contribution in [1.29, 1.82) is 0 Å². The zero-order valence-corrected chi connectivity index (χ0v) is 12.7.